The van der Waals surface area contributed by atoms with Gasteiger partial charge in [-0.05, 0) is 24.0 Å². The Labute approximate surface area is 80.0 Å². The number of hydrogen-bond donors (Lipinski definition) is 0. The second-order valence-electron chi connectivity index (χ2n) is 3.17. The smallest absolute Gasteiger partial charge is 0.0997 e. The molecule has 0 N–H and O–H groups in total. The van der Waals surface area contributed by atoms with Crippen molar-refractivity contribution in [2.24, 2.45) is 0 Å². The monoisotopic (exact) mass is 173 g/mol. The number of hydrogen-bond acceptors (Lipinski definition) is 1. The summed E-state index contributed by atoms with van der Waals surface area (Å²) >= 11 is 0. The van der Waals surface area contributed by atoms with Gasteiger partial charge < -0.3 is 0 Å². The maximum absolute atomic E-state index is 9.01. The van der Waals surface area contributed by atoms with Crippen LogP contribution in [0.1, 0.15) is 37.0 Å². The molecule has 0 amide bonds. The highest BCUT2D eigenvalue weighted by Gasteiger charge is 2.04. The van der Waals surface area contributed by atoms with Crippen molar-refractivity contribution in [1.29, 1.82) is 5.26 Å². The van der Waals surface area contributed by atoms with Crippen LogP contribution in [0.25, 0.3) is 0 Å². The minimum absolute atomic E-state index is 0.895. The first kappa shape index (κ1) is 9.80. The van der Waals surface area contributed by atoms with E-state index in [2.05, 4.69) is 26.0 Å². The van der Waals surface area contributed by atoms with Gasteiger partial charge in [0.1, 0.15) is 0 Å². The Morgan fingerprint density at radius 3 is 2.46 bits per heavy atom. The minimum Gasteiger partial charge on any atom is -0.192 e. The zero-order valence-corrected chi connectivity index (χ0v) is 8.30. The highest BCUT2D eigenvalue weighted by atomic mass is 14.3. The van der Waals surface area contributed by atoms with Crippen LogP contribution < -0.4 is 0 Å². The molecule has 0 saturated heterocycles. The average Bonchev–Trinajstić information content (AvgIpc) is 2.18. The Morgan fingerprint density at radius 1 is 1.23 bits per heavy atom. The van der Waals surface area contributed by atoms with Crippen molar-refractivity contribution in [2.75, 3.05) is 0 Å². The topological polar surface area (TPSA) is 23.8 Å². The van der Waals surface area contributed by atoms with Crippen LogP contribution in [-0.2, 0) is 12.8 Å². The largest absolute Gasteiger partial charge is 0.192 e. The number of nitrogens with zero attached hydrogens (tertiary/aromatic N) is 1. The average molecular weight is 173 g/mol. The normalized spacial score (nSPS) is 9.62. The molecule has 0 aliphatic heterocycles. The van der Waals surface area contributed by atoms with Crippen molar-refractivity contribution in [3.05, 3.63) is 34.9 Å². The zero-order chi connectivity index (χ0) is 9.68. The van der Waals surface area contributed by atoms with Crippen LogP contribution in [0.2, 0.25) is 0 Å². The lowest BCUT2D eigenvalue weighted by Gasteiger charge is -2.05. The molecule has 1 heteroatoms. The van der Waals surface area contributed by atoms with E-state index in [4.69, 9.17) is 5.26 Å². The Hall–Kier alpha value is -1.29. The lowest BCUT2D eigenvalue weighted by Crippen LogP contribution is -1.94. The maximum atomic E-state index is 9.01. The van der Waals surface area contributed by atoms with Gasteiger partial charge in [-0.1, -0.05) is 38.5 Å². The fraction of sp³-hybridized carbons (Fsp3) is 0.417. The van der Waals surface area contributed by atoms with Gasteiger partial charge in [-0.25, -0.2) is 0 Å². The van der Waals surface area contributed by atoms with E-state index in [1.807, 2.05) is 12.1 Å². The quantitative estimate of drug-likeness (QED) is 0.689. The Balaban J connectivity index is 3.13. The number of benzene rings is 1. The molecule has 1 rings (SSSR count). The first-order valence-corrected chi connectivity index (χ1v) is 4.84. The summed E-state index contributed by atoms with van der Waals surface area (Å²) in [5.41, 5.74) is 3.27. The van der Waals surface area contributed by atoms with Gasteiger partial charge in [0.05, 0.1) is 11.6 Å². The lowest BCUT2D eigenvalue weighted by molar-refractivity contribution is 0.912. The van der Waals surface area contributed by atoms with Crippen molar-refractivity contribution in [3.63, 3.8) is 0 Å². The highest BCUT2D eigenvalue weighted by molar-refractivity contribution is 5.44. The summed E-state index contributed by atoms with van der Waals surface area (Å²) in [6, 6.07) is 8.44. The molecule has 0 aromatic heterocycles. The second-order valence-corrected chi connectivity index (χ2v) is 3.17. The van der Waals surface area contributed by atoms with E-state index >= 15 is 0 Å². The van der Waals surface area contributed by atoms with Crippen LogP contribution in [0.15, 0.2) is 18.2 Å². The predicted octanol–water partition coefficient (Wildman–Crippen LogP) is 3.07. The standard InChI is InChI=1S/C12H15N/c1-3-6-11-8-5-7-10(4-2)12(11)9-13/h5,7-8H,3-4,6H2,1-2H3. The summed E-state index contributed by atoms with van der Waals surface area (Å²) in [7, 11) is 0. The van der Waals surface area contributed by atoms with Gasteiger partial charge in [0.2, 0.25) is 0 Å². The number of aryl methyl sites for hydroxylation is 2. The molecule has 0 aliphatic carbocycles. The van der Waals surface area contributed by atoms with Crippen LogP contribution in [-0.4, -0.2) is 0 Å². The third-order valence-electron chi connectivity index (χ3n) is 2.25. The van der Waals surface area contributed by atoms with Gasteiger partial charge >= 0.3 is 0 Å². The van der Waals surface area contributed by atoms with Gasteiger partial charge in [-0.3, -0.25) is 0 Å². The van der Waals surface area contributed by atoms with Gasteiger partial charge in [-0.15, -0.1) is 0 Å². The summed E-state index contributed by atoms with van der Waals surface area (Å²) in [4.78, 5) is 0. The van der Waals surface area contributed by atoms with E-state index < -0.39 is 0 Å². The van der Waals surface area contributed by atoms with Crippen LogP contribution >= 0.6 is 0 Å². The Bertz CT molecular complexity index is 320. The third-order valence-corrected chi connectivity index (χ3v) is 2.25. The summed E-state index contributed by atoms with van der Waals surface area (Å²) in [5.74, 6) is 0. The molecular formula is C12H15N. The van der Waals surface area contributed by atoms with Gasteiger partial charge in [0, 0.05) is 0 Å². The molecule has 13 heavy (non-hydrogen) atoms. The van der Waals surface area contributed by atoms with Gasteiger partial charge in [0.15, 0.2) is 0 Å². The predicted molar refractivity (Wildman–Crippen MR) is 54.5 cm³/mol. The molecule has 1 aromatic carbocycles. The van der Waals surface area contributed by atoms with E-state index in [1.54, 1.807) is 0 Å². The van der Waals surface area contributed by atoms with Crippen molar-refractivity contribution in [3.8, 4) is 6.07 Å². The molecule has 0 radical (unpaired) electrons. The molecule has 0 unspecified atom stereocenters. The molecule has 0 aliphatic rings. The summed E-state index contributed by atoms with van der Waals surface area (Å²) in [6.07, 6.45) is 3.05. The molecule has 0 spiro atoms. The van der Waals surface area contributed by atoms with Crippen LogP contribution in [0.3, 0.4) is 0 Å². The molecule has 0 heterocycles. The van der Waals surface area contributed by atoms with Crippen molar-refractivity contribution in [1.82, 2.24) is 0 Å². The first-order chi connectivity index (χ1) is 6.33. The van der Waals surface area contributed by atoms with E-state index in [-0.39, 0.29) is 0 Å². The van der Waals surface area contributed by atoms with E-state index in [0.29, 0.717) is 0 Å². The molecule has 0 bridgehead atoms. The summed E-state index contributed by atoms with van der Waals surface area (Å²) < 4.78 is 0. The maximum Gasteiger partial charge on any atom is 0.0997 e. The first-order valence-electron chi connectivity index (χ1n) is 4.84. The molecule has 1 aromatic rings. The number of nitriles is 1. The molecule has 1 nitrogen and oxygen atoms in total. The van der Waals surface area contributed by atoms with E-state index in [9.17, 15) is 0 Å². The van der Waals surface area contributed by atoms with Gasteiger partial charge in [0.25, 0.3) is 0 Å². The van der Waals surface area contributed by atoms with Crippen LogP contribution in [0, 0.1) is 11.3 Å². The Kier molecular flexibility index (Phi) is 3.52. The van der Waals surface area contributed by atoms with Crippen molar-refractivity contribution in [2.45, 2.75) is 33.1 Å². The summed E-state index contributed by atoms with van der Waals surface area (Å²) in [5, 5.41) is 9.01. The molecule has 0 saturated carbocycles. The zero-order valence-electron chi connectivity index (χ0n) is 8.30. The Morgan fingerprint density at radius 2 is 1.92 bits per heavy atom. The molecular weight excluding hydrogens is 158 g/mol. The minimum atomic E-state index is 0.895. The van der Waals surface area contributed by atoms with E-state index in [1.165, 1.54) is 11.1 Å². The van der Waals surface area contributed by atoms with E-state index in [0.717, 1.165) is 24.8 Å². The number of rotatable bonds is 3. The van der Waals surface area contributed by atoms with Crippen LogP contribution in [0.4, 0.5) is 0 Å². The SMILES string of the molecule is CCCc1cccc(CC)c1C#N. The fourth-order valence-electron chi connectivity index (χ4n) is 1.57. The van der Waals surface area contributed by atoms with Crippen molar-refractivity contribution < 1.29 is 0 Å². The molecule has 0 fully saturated rings. The third kappa shape index (κ3) is 2.09. The van der Waals surface area contributed by atoms with Crippen LogP contribution in [0.5, 0.6) is 0 Å². The van der Waals surface area contributed by atoms with Crippen molar-refractivity contribution >= 4 is 0 Å². The lowest BCUT2D eigenvalue weighted by atomic mass is 9.97. The highest BCUT2D eigenvalue weighted by Crippen LogP contribution is 2.15. The fourth-order valence-corrected chi connectivity index (χ4v) is 1.57. The molecule has 0 atom stereocenters. The summed E-state index contributed by atoms with van der Waals surface area (Å²) in [6.45, 7) is 4.23. The second kappa shape index (κ2) is 4.67. The molecule has 68 valence electrons. The van der Waals surface area contributed by atoms with Gasteiger partial charge in [-0.2, -0.15) is 5.26 Å².